The number of hydrogen-bond donors (Lipinski definition) is 1. The van der Waals surface area contributed by atoms with Crippen LogP contribution in [0.25, 0.3) is 0 Å². The number of halogens is 1. The molecule has 1 aliphatic heterocycles. The van der Waals surface area contributed by atoms with Crippen LogP contribution in [0.2, 0.25) is 5.02 Å². The van der Waals surface area contributed by atoms with Crippen molar-refractivity contribution < 1.29 is 23.9 Å². The average molecular weight is 492 g/mol. The quantitative estimate of drug-likeness (QED) is 0.218. The Morgan fingerprint density at radius 2 is 1.89 bits per heavy atom. The second-order valence-electron chi connectivity index (χ2n) is 7.44. The van der Waals surface area contributed by atoms with Gasteiger partial charge in [-0.3, -0.25) is 10.1 Å². The van der Waals surface area contributed by atoms with Gasteiger partial charge in [0.15, 0.2) is 0 Å². The molecule has 2 N–H and O–H groups in total. The third kappa shape index (κ3) is 4.74. The predicted molar refractivity (Wildman–Crippen MR) is 126 cm³/mol. The third-order valence-corrected chi connectivity index (χ3v) is 5.64. The second kappa shape index (κ2) is 9.75. The van der Waals surface area contributed by atoms with E-state index in [1.54, 1.807) is 18.2 Å². The number of rotatable bonds is 6. The van der Waals surface area contributed by atoms with Crippen LogP contribution in [0.15, 0.2) is 72.1 Å². The zero-order chi connectivity index (χ0) is 25.1. The van der Waals surface area contributed by atoms with E-state index in [1.807, 2.05) is 19.1 Å². The van der Waals surface area contributed by atoms with Crippen LogP contribution in [0.3, 0.4) is 0 Å². The Morgan fingerprint density at radius 3 is 2.54 bits per heavy atom. The van der Waals surface area contributed by atoms with E-state index in [0.29, 0.717) is 23.7 Å². The summed E-state index contributed by atoms with van der Waals surface area (Å²) in [6.45, 7) is 2.41. The molecule has 1 aliphatic rings. The number of nitro benzene ring substituents is 1. The molecule has 0 spiro atoms. The molecule has 1 unspecified atom stereocenters. The molecule has 0 bridgehead atoms. The summed E-state index contributed by atoms with van der Waals surface area (Å²) in [7, 11) is 0. The molecule has 0 amide bonds. The number of fused-ring (bicyclic) bond motifs is 1. The van der Waals surface area contributed by atoms with Gasteiger partial charge in [0.25, 0.3) is 5.69 Å². The first-order valence-corrected chi connectivity index (χ1v) is 10.8. The van der Waals surface area contributed by atoms with Crippen molar-refractivity contribution in [3.05, 3.63) is 104 Å². The fourth-order valence-electron chi connectivity index (χ4n) is 3.71. The molecule has 10 heteroatoms. The molecule has 1 atom stereocenters. The Hall–Kier alpha value is -4.55. The van der Waals surface area contributed by atoms with Crippen molar-refractivity contribution in [3.8, 4) is 23.3 Å². The molecular weight excluding hydrogens is 474 g/mol. The van der Waals surface area contributed by atoms with Gasteiger partial charge in [-0.2, -0.15) is 5.26 Å². The standard InChI is InChI=1S/C25H18ClN3O6/c1-2-33-16-6-3-14(4-7-16)23-18-9-8-17(12-22(18)35-24(28)20(23)13-27)34-25(30)19-11-15(29(31)32)5-10-21(19)26/h3-12,23H,2,28H2,1H3. The number of carbonyl (C=O) groups excluding carboxylic acids is 1. The minimum atomic E-state index is -0.876. The van der Waals surface area contributed by atoms with Crippen molar-refractivity contribution >= 4 is 23.3 Å². The summed E-state index contributed by atoms with van der Waals surface area (Å²) in [6, 6.07) is 17.5. The molecule has 0 aliphatic carbocycles. The number of ether oxygens (including phenoxy) is 3. The van der Waals surface area contributed by atoms with Gasteiger partial charge in [-0.15, -0.1) is 0 Å². The van der Waals surface area contributed by atoms with Gasteiger partial charge in [-0.25, -0.2) is 4.79 Å². The Bertz CT molecular complexity index is 1400. The van der Waals surface area contributed by atoms with Crippen LogP contribution in [0.4, 0.5) is 5.69 Å². The summed E-state index contributed by atoms with van der Waals surface area (Å²) in [5.74, 6) is -0.343. The van der Waals surface area contributed by atoms with E-state index >= 15 is 0 Å². The molecule has 0 radical (unpaired) electrons. The second-order valence-corrected chi connectivity index (χ2v) is 7.84. The van der Waals surface area contributed by atoms with Crippen LogP contribution >= 0.6 is 11.6 Å². The summed E-state index contributed by atoms with van der Waals surface area (Å²) in [6.07, 6.45) is 0. The predicted octanol–water partition coefficient (Wildman–Crippen LogP) is 5.08. The fraction of sp³-hybridized carbons (Fsp3) is 0.120. The maximum Gasteiger partial charge on any atom is 0.345 e. The number of nitrogens with two attached hydrogens (primary N) is 1. The van der Waals surface area contributed by atoms with Crippen LogP contribution in [0.5, 0.6) is 17.2 Å². The monoisotopic (exact) mass is 491 g/mol. The minimum Gasteiger partial charge on any atom is -0.494 e. The van der Waals surface area contributed by atoms with E-state index in [0.717, 1.165) is 11.6 Å². The SMILES string of the molecule is CCOc1ccc(C2C(C#N)=C(N)Oc3cc(OC(=O)c4cc([N+](=O)[O-])ccc4Cl)ccc32)cc1. The van der Waals surface area contributed by atoms with Crippen LogP contribution in [0.1, 0.15) is 34.3 Å². The van der Waals surface area contributed by atoms with Gasteiger partial charge in [-0.1, -0.05) is 29.8 Å². The van der Waals surface area contributed by atoms with Crippen molar-refractivity contribution in [1.29, 1.82) is 5.26 Å². The number of carbonyl (C=O) groups is 1. The molecule has 176 valence electrons. The molecule has 9 nitrogen and oxygen atoms in total. The number of nitriles is 1. The lowest BCUT2D eigenvalue weighted by Gasteiger charge is -2.26. The lowest BCUT2D eigenvalue weighted by Crippen LogP contribution is -2.21. The van der Waals surface area contributed by atoms with Gasteiger partial charge in [0.2, 0.25) is 5.88 Å². The third-order valence-electron chi connectivity index (χ3n) is 5.31. The maximum atomic E-state index is 12.7. The number of esters is 1. The van der Waals surface area contributed by atoms with Gasteiger partial charge < -0.3 is 19.9 Å². The molecule has 0 aromatic heterocycles. The summed E-state index contributed by atoms with van der Waals surface area (Å²) < 4.78 is 16.5. The minimum absolute atomic E-state index is 0.0104. The molecule has 3 aromatic rings. The van der Waals surface area contributed by atoms with E-state index in [1.165, 1.54) is 24.3 Å². The highest BCUT2D eigenvalue weighted by atomic mass is 35.5. The molecule has 35 heavy (non-hydrogen) atoms. The van der Waals surface area contributed by atoms with Gasteiger partial charge in [-0.05, 0) is 36.8 Å². The highest BCUT2D eigenvalue weighted by Crippen LogP contribution is 2.43. The topological polar surface area (TPSA) is 138 Å². The van der Waals surface area contributed by atoms with Crippen LogP contribution < -0.4 is 19.9 Å². The summed E-state index contributed by atoms with van der Waals surface area (Å²) in [5.41, 5.74) is 7.28. The van der Waals surface area contributed by atoms with Gasteiger partial charge in [0.1, 0.15) is 28.9 Å². The Kier molecular flexibility index (Phi) is 6.57. The van der Waals surface area contributed by atoms with Gasteiger partial charge >= 0.3 is 5.97 Å². The van der Waals surface area contributed by atoms with Crippen molar-refractivity contribution in [2.24, 2.45) is 5.73 Å². The number of non-ortho nitro benzene ring substituents is 1. The maximum absolute atomic E-state index is 12.7. The molecular formula is C25H18ClN3O6. The van der Waals surface area contributed by atoms with Crippen molar-refractivity contribution in [2.75, 3.05) is 6.61 Å². The molecule has 3 aromatic carbocycles. The van der Waals surface area contributed by atoms with Crippen molar-refractivity contribution in [1.82, 2.24) is 0 Å². The van der Waals surface area contributed by atoms with Crippen LogP contribution in [-0.4, -0.2) is 17.5 Å². The molecule has 1 heterocycles. The molecule has 0 saturated heterocycles. The highest BCUT2D eigenvalue weighted by Gasteiger charge is 2.31. The van der Waals surface area contributed by atoms with E-state index < -0.39 is 16.8 Å². The van der Waals surface area contributed by atoms with Crippen LogP contribution in [0, 0.1) is 21.4 Å². The van der Waals surface area contributed by atoms with E-state index in [2.05, 4.69) is 6.07 Å². The number of nitrogens with zero attached hydrogens (tertiary/aromatic N) is 2. The van der Waals surface area contributed by atoms with E-state index in [4.69, 9.17) is 31.5 Å². The number of benzene rings is 3. The zero-order valence-corrected chi connectivity index (χ0v) is 19.1. The number of hydrogen-bond acceptors (Lipinski definition) is 8. The number of allylic oxidation sites excluding steroid dienone is 1. The van der Waals surface area contributed by atoms with Gasteiger partial charge in [0, 0.05) is 23.8 Å². The summed E-state index contributed by atoms with van der Waals surface area (Å²) in [5, 5.41) is 20.8. The molecule has 4 rings (SSSR count). The lowest BCUT2D eigenvalue weighted by atomic mass is 9.83. The first-order chi connectivity index (χ1) is 16.8. The first-order valence-electron chi connectivity index (χ1n) is 10.4. The lowest BCUT2D eigenvalue weighted by molar-refractivity contribution is -0.384. The van der Waals surface area contributed by atoms with Crippen LogP contribution in [-0.2, 0) is 0 Å². The normalized spacial score (nSPS) is 14.4. The van der Waals surface area contributed by atoms with E-state index in [-0.39, 0.29) is 33.5 Å². The largest absolute Gasteiger partial charge is 0.494 e. The molecule has 0 saturated carbocycles. The zero-order valence-electron chi connectivity index (χ0n) is 18.4. The highest BCUT2D eigenvalue weighted by molar-refractivity contribution is 6.33. The smallest absolute Gasteiger partial charge is 0.345 e. The van der Waals surface area contributed by atoms with Gasteiger partial charge in [0.05, 0.1) is 28.0 Å². The van der Waals surface area contributed by atoms with Crippen molar-refractivity contribution in [2.45, 2.75) is 12.8 Å². The summed E-state index contributed by atoms with van der Waals surface area (Å²) in [4.78, 5) is 23.1. The Labute approximate surface area is 205 Å². The van der Waals surface area contributed by atoms with E-state index in [9.17, 15) is 20.2 Å². The Morgan fingerprint density at radius 1 is 1.17 bits per heavy atom. The molecule has 0 fully saturated rings. The fourth-order valence-corrected chi connectivity index (χ4v) is 3.91. The van der Waals surface area contributed by atoms with Crippen molar-refractivity contribution in [3.63, 3.8) is 0 Å². The summed E-state index contributed by atoms with van der Waals surface area (Å²) >= 11 is 6.04. The first kappa shape index (κ1) is 23.6. The number of nitro groups is 1. The Balaban J connectivity index is 1.66. The average Bonchev–Trinajstić information content (AvgIpc) is 2.84.